The van der Waals surface area contributed by atoms with E-state index in [4.69, 9.17) is 4.74 Å². The summed E-state index contributed by atoms with van der Waals surface area (Å²) in [6.45, 7) is 5.70. The monoisotopic (exact) mass is 465 g/mol. The lowest BCUT2D eigenvalue weighted by molar-refractivity contribution is -0.127. The van der Waals surface area contributed by atoms with Crippen LogP contribution in [0.1, 0.15) is 49.1 Å². The minimum Gasteiger partial charge on any atom is -0.349 e. The molecule has 2 aliphatic heterocycles. The molecule has 3 aromatic rings. The number of hydrogen-bond donors (Lipinski definition) is 0. The fourth-order valence-corrected chi connectivity index (χ4v) is 5.79. The normalized spacial score (nSPS) is 24.4. The van der Waals surface area contributed by atoms with Crippen LogP contribution >= 0.6 is 0 Å². The Morgan fingerprint density at radius 1 is 0.743 bits per heavy atom. The zero-order chi connectivity index (χ0) is 24.6. The summed E-state index contributed by atoms with van der Waals surface area (Å²) in [7, 11) is 0. The van der Waals surface area contributed by atoms with Crippen molar-refractivity contribution in [3.63, 3.8) is 0 Å². The first-order valence-corrected chi connectivity index (χ1v) is 11.6. The summed E-state index contributed by atoms with van der Waals surface area (Å²) in [4.78, 5) is 56.7. The fraction of sp³-hybridized carbons (Fsp3) is 0.241. The molecule has 0 bridgehead atoms. The third-order valence-electron chi connectivity index (χ3n) is 7.74. The van der Waals surface area contributed by atoms with Crippen molar-refractivity contribution in [1.82, 2.24) is 0 Å². The molecule has 0 radical (unpaired) electrons. The van der Waals surface area contributed by atoms with Crippen LogP contribution in [0.5, 0.6) is 0 Å². The van der Waals surface area contributed by atoms with Crippen LogP contribution in [0.3, 0.4) is 0 Å². The van der Waals surface area contributed by atoms with Gasteiger partial charge in [0.15, 0.2) is 0 Å². The minimum atomic E-state index is -2.05. The maximum absolute atomic E-state index is 14.0. The molecule has 174 valence electrons. The molecule has 6 heteroatoms. The van der Waals surface area contributed by atoms with Gasteiger partial charge in [-0.25, -0.2) is 4.90 Å². The van der Waals surface area contributed by atoms with Crippen LogP contribution in [0.2, 0.25) is 0 Å². The molecule has 1 spiro atoms. The molecular weight excluding hydrogens is 442 g/mol. The van der Waals surface area contributed by atoms with Gasteiger partial charge in [0, 0.05) is 11.1 Å². The van der Waals surface area contributed by atoms with Crippen molar-refractivity contribution in [3.05, 3.63) is 100 Å². The van der Waals surface area contributed by atoms with Crippen molar-refractivity contribution in [3.8, 4) is 0 Å². The predicted molar refractivity (Wildman–Crippen MR) is 128 cm³/mol. The Morgan fingerprint density at radius 2 is 1.37 bits per heavy atom. The standard InChI is InChI=1S/C29H23NO5/c1-15-11-13-18(14-12-15)24-22-23(28(34)30(27(22)33)21-10-6-7-16(2)17(21)3)29(35-24)25(31)19-8-4-5-9-20(19)26(29)32/h4-14,22-24H,1-3H3/t22-,23-,24-/m1/s1. The Bertz CT molecular complexity index is 1420. The van der Waals surface area contributed by atoms with Crippen LogP contribution in [0.25, 0.3) is 0 Å². The van der Waals surface area contributed by atoms with Gasteiger partial charge in [0.2, 0.25) is 29.0 Å². The maximum Gasteiger partial charge on any atom is 0.241 e. The van der Waals surface area contributed by atoms with Crippen LogP contribution in [-0.2, 0) is 14.3 Å². The summed E-state index contributed by atoms with van der Waals surface area (Å²) < 4.78 is 6.32. The highest BCUT2D eigenvalue weighted by Gasteiger charge is 2.74. The highest BCUT2D eigenvalue weighted by Crippen LogP contribution is 2.57. The molecule has 3 aromatic carbocycles. The molecule has 35 heavy (non-hydrogen) atoms. The smallest absolute Gasteiger partial charge is 0.241 e. The number of hydrogen-bond acceptors (Lipinski definition) is 5. The van der Waals surface area contributed by atoms with Crippen LogP contribution in [0, 0.1) is 32.6 Å². The van der Waals surface area contributed by atoms with E-state index in [2.05, 4.69) is 0 Å². The third-order valence-corrected chi connectivity index (χ3v) is 7.74. The molecule has 3 atom stereocenters. The molecule has 3 aliphatic rings. The molecule has 2 saturated heterocycles. The quantitative estimate of drug-likeness (QED) is 0.416. The molecular formula is C29H23NO5. The highest BCUT2D eigenvalue weighted by atomic mass is 16.5. The number of amides is 2. The first-order chi connectivity index (χ1) is 16.8. The zero-order valence-corrected chi connectivity index (χ0v) is 19.6. The minimum absolute atomic E-state index is 0.228. The average molecular weight is 466 g/mol. The van der Waals surface area contributed by atoms with Crippen LogP contribution in [0.4, 0.5) is 5.69 Å². The summed E-state index contributed by atoms with van der Waals surface area (Å²) >= 11 is 0. The van der Waals surface area contributed by atoms with Gasteiger partial charge in [0.05, 0.1) is 23.6 Å². The zero-order valence-electron chi connectivity index (χ0n) is 19.6. The fourth-order valence-electron chi connectivity index (χ4n) is 5.79. The molecule has 1 aliphatic carbocycles. The molecule has 0 unspecified atom stereocenters. The summed E-state index contributed by atoms with van der Waals surface area (Å²) in [5.41, 5.74) is 2.28. The van der Waals surface area contributed by atoms with Gasteiger partial charge in [-0.1, -0.05) is 66.2 Å². The first-order valence-electron chi connectivity index (χ1n) is 11.6. The van der Waals surface area contributed by atoms with Crippen molar-refractivity contribution in [2.75, 3.05) is 4.90 Å². The van der Waals surface area contributed by atoms with Gasteiger partial charge in [-0.2, -0.15) is 0 Å². The van der Waals surface area contributed by atoms with Crippen molar-refractivity contribution >= 4 is 29.1 Å². The number of carbonyl (C=O) groups is 4. The van der Waals surface area contributed by atoms with E-state index in [0.29, 0.717) is 11.3 Å². The topological polar surface area (TPSA) is 80.8 Å². The van der Waals surface area contributed by atoms with Gasteiger partial charge in [-0.15, -0.1) is 0 Å². The number of anilines is 1. The first kappa shape index (κ1) is 21.6. The summed E-state index contributed by atoms with van der Waals surface area (Å²) in [6, 6.07) is 19.3. The highest BCUT2D eigenvalue weighted by molar-refractivity contribution is 6.37. The lowest BCUT2D eigenvalue weighted by atomic mass is 9.77. The number of Topliss-reactive ketones (excluding diaryl/α,β-unsaturated/α-hetero) is 2. The van der Waals surface area contributed by atoms with E-state index in [1.165, 1.54) is 0 Å². The third kappa shape index (κ3) is 2.68. The molecule has 2 fully saturated rings. The predicted octanol–water partition coefficient (Wildman–Crippen LogP) is 4.31. The molecule has 0 aromatic heterocycles. The number of benzene rings is 3. The number of nitrogens with zero attached hydrogens (tertiary/aromatic N) is 1. The summed E-state index contributed by atoms with van der Waals surface area (Å²) in [6.07, 6.45) is -0.908. The second-order valence-electron chi connectivity index (χ2n) is 9.62. The lowest BCUT2D eigenvalue weighted by Crippen LogP contribution is -2.51. The van der Waals surface area contributed by atoms with E-state index < -0.39 is 46.9 Å². The number of fused-ring (bicyclic) bond motifs is 3. The molecule has 6 nitrogen and oxygen atoms in total. The Labute approximate surface area is 202 Å². The van der Waals surface area contributed by atoms with Crippen LogP contribution < -0.4 is 4.90 Å². The lowest BCUT2D eigenvalue weighted by Gasteiger charge is -2.28. The van der Waals surface area contributed by atoms with E-state index in [0.717, 1.165) is 21.6 Å². The van der Waals surface area contributed by atoms with E-state index in [-0.39, 0.29) is 11.1 Å². The van der Waals surface area contributed by atoms with E-state index in [9.17, 15) is 19.2 Å². The molecule has 2 amide bonds. The summed E-state index contributed by atoms with van der Waals surface area (Å²) in [5.74, 6) is -4.36. The molecule has 2 heterocycles. The molecule has 0 N–H and O–H groups in total. The number of rotatable bonds is 2. The summed E-state index contributed by atoms with van der Waals surface area (Å²) in [5, 5.41) is 0. The van der Waals surface area contributed by atoms with E-state index >= 15 is 0 Å². The Balaban J connectivity index is 1.56. The number of aryl methyl sites for hydroxylation is 2. The molecule has 6 rings (SSSR count). The van der Waals surface area contributed by atoms with Crippen LogP contribution in [-0.4, -0.2) is 29.0 Å². The van der Waals surface area contributed by atoms with Crippen molar-refractivity contribution < 1.29 is 23.9 Å². The van der Waals surface area contributed by atoms with E-state index in [1.54, 1.807) is 36.4 Å². The number of carbonyl (C=O) groups excluding carboxylic acids is 4. The van der Waals surface area contributed by atoms with Gasteiger partial charge in [-0.3, -0.25) is 19.2 Å². The van der Waals surface area contributed by atoms with Gasteiger partial charge >= 0.3 is 0 Å². The number of imide groups is 1. The van der Waals surface area contributed by atoms with Gasteiger partial charge < -0.3 is 4.74 Å². The second-order valence-corrected chi connectivity index (χ2v) is 9.62. The van der Waals surface area contributed by atoms with Crippen molar-refractivity contribution in [1.29, 1.82) is 0 Å². The van der Waals surface area contributed by atoms with Gasteiger partial charge in [-0.05, 0) is 43.5 Å². The Morgan fingerprint density at radius 3 is 2.00 bits per heavy atom. The Hall–Kier alpha value is -3.90. The average Bonchev–Trinajstić information content (AvgIpc) is 3.42. The van der Waals surface area contributed by atoms with Gasteiger partial charge in [0.25, 0.3) is 0 Å². The van der Waals surface area contributed by atoms with Crippen LogP contribution in [0.15, 0.2) is 66.7 Å². The molecule has 0 saturated carbocycles. The van der Waals surface area contributed by atoms with Crippen molar-refractivity contribution in [2.45, 2.75) is 32.5 Å². The second kappa shape index (κ2) is 7.30. The SMILES string of the molecule is Cc1ccc([C@H]2OC3(C(=O)c4ccccc4C3=O)[C@H]3C(=O)N(c4cccc(C)c4C)C(=O)[C@@H]23)cc1. The van der Waals surface area contributed by atoms with Crippen molar-refractivity contribution in [2.24, 2.45) is 11.8 Å². The Kier molecular flexibility index (Phi) is 4.51. The van der Waals surface area contributed by atoms with Gasteiger partial charge in [0.1, 0.15) is 0 Å². The van der Waals surface area contributed by atoms with E-state index in [1.807, 2.05) is 51.1 Å². The number of ketones is 2. The number of ether oxygens (including phenoxy) is 1. The maximum atomic E-state index is 14.0. The largest absolute Gasteiger partial charge is 0.349 e.